The van der Waals surface area contributed by atoms with Crippen LogP contribution in [0.3, 0.4) is 0 Å². The van der Waals surface area contributed by atoms with E-state index >= 15 is 0 Å². The lowest BCUT2D eigenvalue weighted by Crippen LogP contribution is -1.88. The molecular weight excluding hydrogens is 576 g/mol. The molecule has 0 atom stereocenters. The zero-order valence-electron chi connectivity index (χ0n) is 18.4. The second kappa shape index (κ2) is 7.33. The maximum Gasteiger partial charge on any atom is 0.0254 e. The molecule has 8 aromatic rings. The zero-order valence-corrected chi connectivity index (χ0v) is 22.4. The summed E-state index contributed by atoms with van der Waals surface area (Å²) in [6.45, 7) is 0. The summed E-state index contributed by atoms with van der Waals surface area (Å²) in [6.07, 6.45) is 0. The Bertz CT molecular complexity index is 1960. The summed E-state index contributed by atoms with van der Waals surface area (Å²) in [5.41, 5.74) is 0. The van der Waals surface area contributed by atoms with Gasteiger partial charge in [0.15, 0.2) is 0 Å². The van der Waals surface area contributed by atoms with Crippen molar-refractivity contribution in [1.82, 2.24) is 0 Å². The number of benzene rings is 8. The third kappa shape index (κ3) is 2.80. The van der Waals surface area contributed by atoms with Gasteiger partial charge >= 0.3 is 0 Å². The molecule has 8 rings (SSSR count). The van der Waals surface area contributed by atoms with Crippen molar-refractivity contribution in [1.29, 1.82) is 0 Å². The highest BCUT2D eigenvalue weighted by Crippen LogP contribution is 2.46. The highest BCUT2D eigenvalue weighted by molar-refractivity contribution is 9.11. The lowest BCUT2D eigenvalue weighted by Gasteiger charge is -2.16. The van der Waals surface area contributed by atoms with Crippen LogP contribution in [0.25, 0.3) is 64.6 Å². The summed E-state index contributed by atoms with van der Waals surface area (Å²) in [6, 6.07) is 36.0. The molecule has 3 heteroatoms. The summed E-state index contributed by atoms with van der Waals surface area (Å²) >= 11 is 9.42. The highest BCUT2D eigenvalue weighted by atomic mass is 79.9. The molecule has 0 amide bonds. The molecule has 164 valence electrons. The topological polar surface area (TPSA) is 0 Å². The summed E-state index contributed by atoms with van der Waals surface area (Å²) in [7, 11) is 0. The molecule has 0 spiro atoms. The van der Waals surface area contributed by atoms with Gasteiger partial charge in [0, 0.05) is 18.7 Å². The van der Waals surface area contributed by atoms with E-state index in [1.807, 2.05) is 11.8 Å². The molecule has 0 heterocycles. The van der Waals surface area contributed by atoms with Crippen molar-refractivity contribution >= 4 is 108 Å². The molecule has 0 saturated heterocycles. The molecule has 0 aliphatic rings. The van der Waals surface area contributed by atoms with E-state index in [1.54, 1.807) is 0 Å². The standard InChI is InChI=1S/C32H16Br2S/c33-25-13-5-17-3-11-23-27(15-7-19-1-9-21(25)29(17)31(19)23)35-28-16-8-20-2-10-22-26(34)14-6-18-4-12-24(28)32(20)30(18)22/h1-16H. The van der Waals surface area contributed by atoms with Crippen LogP contribution >= 0.6 is 43.6 Å². The average molecular weight is 592 g/mol. The van der Waals surface area contributed by atoms with Gasteiger partial charge < -0.3 is 0 Å². The Hall–Kier alpha value is -2.85. The zero-order chi connectivity index (χ0) is 23.3. The number of hydrogen-bond donors (Lipinski definition) is 0. The average Bonchev–Trinajstić information content (AvgIpc) is 2.89. The molecule has 0 bridgehead atoms. The molecule has 8 aromatic carbocycles. The molecule has 35 heavy (non-hydrogen) atoms. The van der Waals surface area contributed by atoms with Gasteiger partial charge in [-0.1, -0.05) is 116 Å². The summed E-state index contributed by atoms with van der Waals surface area (Å²) in [4.78, 5) is 2.59. The fourth-order valence-electron chi connectivity index (χ4n) is 5.77. The predicted octanol–water partition coefficient (Wildman–Crippen LogP) is 11.2. The Labute approximate surface area is 222 Å². The minimum Gasteiger partial charge on any atom is -0.0888 e. The van der Waals surface area contributed by atoms with Crippen molar-refractivity contribution in [2.75, 3.05) is 0 Å². The quantitative estimate of drug-likeness (QED) is 0.180. The molecule has 0 aliphatic heterocycles. The molecule has 0 fully saturated rings. The van der Waals surface area contributed by atoms with E-state index < -0.39 is 0 Å². The first kappa shape index (κ1) is 20.4. The van der Waals surface area contributed by atoms with Crippen LogP contribution in [0, 0.1) is 0 Å². The van der Waals surface area contributed by atoms with E-state index in [0.29, 0.717) is 0 Å². The molecular formula is C32H16Br2S. The Morgan fingerprint density at radius 2 is 0.657 bits per heavy atom. The van der Waals surface area contributed by atoms with Gasteiger partial charge in [-0.15, -0.1) is 0 Å². The first-order chi connectivity index (χ1) is 17.2. The van der Waals surface area contributed by atoms with Crippen molar-refractivity contribution in [3.05, 3.63) is 106 Å². The molecule has 0 N–H and O–H groups in total. The molecule has 0 nitrogen and oxygen atoms in total. The van der Waals surface area contributed by atoms with Gasteiger partial charge in [0.25, 0.3) is 0 Å². The third-order valence-corrected chi connectivity index (χ3v) is 9.90. The van der Waals surface area contributed by atoms with E-state index in [9.17, 15) is 0 Å². The van der Waals surface area contributed by atoms with Gasteiger partial charge in [-0.05, 0) is 88.9 Å². The Balaban J connectivity index is 1.41. The SMILES string of the molecule is Brc1ccc2ccc3c(Sc4ccc5ccc6c(Br)ccc7ccc4c5c76)ccc4ccc1c2c43. The number of rotatable bonds is 2. The van der Waals surface area contributed by atoms with Gasteiger partial charge in [-0.3, -0.25) is 0 Å². The Morgan fingerprint density at radius 1 is 0.343 bits per heavy atom. The first-order valence-corrected chi connectivity index (χ1v) is 14.0. The lowest BCUT2D eigenvalue weighted by atomic mass is 9.94. The third-order valence-electron chi connectivity index (χ3n) is 7.36. The summed E-state index contributed by atoms with van der Waals surface area (Å²) in [5.74, 6) is 0. The Morgan fingerprint density at radius 3 is 1.09 bits per heavy atom. The highest BCUT2D eigenvalue weighted by Gasteiger charge is 2.16. The maximum absolute atomic E-state index is 3.77. The predicted molar refractivity (Wildman–Crippen MR) is 160 cm³/mol. The van der Waals surface area contributed by atoms with Crippen molar-refractivity contribution in [3.8, 4) is 0 Å². The van der Waals surface area contributed by atoms with E-state index in [-0.39, 0.29) is 0 Å². The number of halogens is 2. The summed E-state index contributed by atoms with van der Waals surface area (Å²) < 4.78 is 2.30. The van der Waals surface area contributed by atoms with E-state index in [1.165, 1.54) is 74.4 Å². The number of hydrogen-bond acceptors (Lipinski definition) is 1. The normalized spacial score (nSPS) is 12.4. The van der Waals surface area contributed by atoms with Crippen LogP contribution in [-0.4, -0.2) is 0 Å². The van der Waals surface area contributed by atoms with Gasteiger partial charge in [0.1, 0.15) is 0 Å². The molecule has 0 saturated carbocycles. The molecule has 0 aromatic heterocycles. The molecule has 0 unspecified atom stereocenters. The van der Waals surface area contributed by atoms with Gasteiger partial charge in [0.2, 0.25) is 0 Å². The summed E-state index contributed by atoms with van der Waals surface area (Å²) in [5, 5.41) is 15.7. The fourth-order valence-corrected chi connectivity index (χ4v) is 7.77. The first-order valence-electron chi connectivity index (χ1n) is 11.6. The van der Waals surface area contributed by atoms with Crippen LogP contribution in [0.2, 0.25) is 0 Å². The van der Waals surface area contributed by atoms with Crippen LogP contribution in [0.15, 0.2) is 116 Å². The maximum atomic E-state index is 3.77. The van der Waals surface area contributed by atoms with E-state index in [2.05, 4.69) is 129 Å². The van der Waals surface area contributed by atoms with Crippen LogP contribution in [0.4, 0.5) is 0 Å². The second-order valence-electron chi connectivity index (χ2n) is 9.17. The minimum absolute atomic E-state index is 1.15. The monoisotopic (exact) mass is 590 g/mol. The van der Waals surface area contributed by atoms with Crippen molar-refractivity contribution in [3.63, 3.8) is 0 Å². The van der Waals surface area contributed by atoms with Crippen LogP contribution in [0.5, 0.6) is 0 Å². The van der Waals surface area contributed by atoms with E-state index in [4.69, 9.17) is 0 Å². The minimum atomic E-state index is 1.15. The van der Waals surface area contributed by atoms with Crippen molar-refractivity contribution in [2.45, 2.75) is 9.79 Å². The Kier molecular flexibility index (Phi) is 4.26. The fraction of sp³-hybridized carbons (Fsp3) is 0. The van der Waals surface area contributed by atoms with Crippen LogP contribution in [0.1, 0.15) is 0 Å². The van der Waals surface area contributed by atoms with Gasteiger partial charge in [-0.25, -0.2) is 0 Å². The van der Waals surface area contributed by atoms with Crippen molar-refractivity contribution in [2.24, 2.45) is 0 Å². The molecule has 0 radical (unpaired) electrons. The van der Waals surface area contributed by atoms with Crippen LogP contribution < -0.4 is 0 Å². The van der Waals surface area contributed by atoms with Gasteiger partial charge in [-0.2, -0.15) is 0 Å². The van der Waals surface area contributed by atoms with E-state index in [0.717, 1.165) is 8.95 Å². The lowest BCUT2D eigenvalue weighted by molar-refractivity contribution is 1.51. The molecule has 0 aliphatic carbocycles. The van der Waals surface area contributed by atoms with Gasteiger partial charge in [0.05, 0.1) is 0 Å². The van der Waals surface area contributed by atoms with Crippen LogP contribution in [-0.2, 0) is 0 Å². The largest absolute Gasteiger partial charge is 0.0888 e. The second-order valence-corrected chi connectivity index (χ2v) is 12.0. The van der Waals surface area contributed by atoms with Crippen molar-refractivity contribution < 1.29 is 0 Å². The smallest absolute Gasteiger partial charge is 0.0254 e.